The van der Waals surface area contributed by atoms with E-state index in [0.29, 0.717) is 6.54 Å². The maximum Gasteiger partial charge on any atom is 0.292 e. The molecule has 2 aromatic carbocycles. The molecule has 0 saturated carbocycles. The second kappa shape index (κ2) is 7.04. The number of carbonyl (C=O) groups excluding carboxylic acids is 1. The summed E-state index contributed by atoms with van der Waals surface area (Å²) in [5.74, 6) is -0.347. The molecule has 0 aliphatic rings. The van der Waals surface area contributed by atoms with Gasteiger partial charge in [-0.15, -0.1) is 0 Å². The van der Waals surface area contributed by atoms with Gasteiger partial charge in [0.15, 0.2) is 0 Å². The van der Waals surface area contributed by atoms with Gasteiger partial charge >= 0.3 is 0 Å². The molecule has 25 heavy (non-hydrogen) atoms. The van der Waals surface area contributed by atoms with Crippen LogP contribution in [0.4, 0.5) is 11.4 Å². The lowest BCUT2D eigenvalue weighted by molar-refractivity contribution is -0.383. The Bertz CT molecular complexity index is 933. The number of nitrogens with zero attached hydrogens (tertiary/aromatic N) is 2. The van der Waals surface area contributed by atoms with E-state index in [0.717, 1.165) is 18.5 Å². The quantitative estimate of drug-likeness (QED) is 0.312. The third-order valence-electron chi connectivity index (χ3n) is 4.03. The van der Waals surface area contributed by atoms with Crippen molar-refractivity contribution in [1.29, 1.82) is 0 Å². The highest BCUT2D eigenvalue weighted by Gasteiger charge is 2.15. The lowest BCUT2D eigenvalue weighted by Gasteiger charge is -2.08. The Morgan fingerprint density at radius 2 is 2.00 bits per heavy atom. The number of nitro groups is 1. The molecule has 3 aromatic rings. The van der Waals surface area contributed by atoms with Crippen molar-refractivity contribution < 1.29 is 9.72 Å². The Balaban J connectivity index is 1.56. The van der Waals surface area contributed by atoms with Crippen molar-refractivity contribution in [2.24, 2.45) is 0 Å². The van der Waals surface area contributed by atoms with Gasteiger partial charge in [-0.1, -0.05) is 18.2 Å². The fraction of sp³-hybridized carbons (Fsp3) is 0.167. The first kappa shape index (κ1) is 16.5. The fourth-order valence-electron chi connectivity index (χ4n) is 2.73. The maximum atomic E-state index is 12.1. The minimum atomic E-state index is -0.594. The van der Waals surface area contributed by atoms with Crippen molar-refractivity contribution in [1.82, 2.24) is 9.88 Å². The van der Waals surface area contributed by atoms with Crippen molar-refractivity contribution in [2.45, 2.75) is 13.0 Å². The monoisotopic (exact) mass is 338 g/mol. The Hall–Kier alpha value is -3.35. The average Bonchev–Trinajstić information content (AvgIpc) is 3.02. The molecule has 7 nitrogen and oxygen atoms in total. The molecule has 1 heterocycles. The molecule has 7 heteroatoms. The fourth-order valence-corrected chi connectivity index (χ4v) is 2.73. The topological polar surface area (TPSA) is 103 Å². The number of nitrogen functional groups attached to an aromatic ring is 1. The molecule has 0 spiro atoms. The van der Waals surface area contributed by atoms with Crippen LogP contribution < -0.4 is 11.1 Å². The molecule has 0 atom stereocenters. The Morgan fingerprint density at radius 1 is 1.20 bits per heavy atom. The van der Waals surface area contributed by atoms with Crippen LogP contribution in [0.15, 0.2) is 54.7 Å². The highest BCUT2D eigenvalue weighted by molar-refractivity contribution is 5.95. The first-order valence-electron chi connectivity index (χ1n) is 7.92. The lowest BCUT2D eigenvalue weighted by atomic mass is 10.1. The van der Waals surface area contributed by atoms with Crippen molar-refractivity contribution in [3.63, 3.8) is 0 Å². The number of hydrogen-bond acceptors (Lipinski definition) is 4. The number of rotatable bonds is 6. The number of carbonyl (C=O) groups is 1. The van der Waals surface area contributed by atoms with E-state index < -0.39 is 4.92 Å². The van der Waals surface area contributed by atoms with Gasteiger partial charge in [0, 0.05) is 36.4 Å². The summed E-state index contributed by atoms with van der Waals surface area (Å²) in [4.78, 5) is 22.4. The van der Waals surface area contributed by atoms with Crippen LogP contribution in [-0.4, -0.2) is 21.9 Å². The Kier molecular flexibility index (Phi) is 4.65. The minimum absolute atomic E-state index is 0.0426. The van der Waals surface area contributed by atoms with Gasteiger partial charge in [0.05, 0.1) is 4.92 Å². The number of fused-ring (bicyclic) bond motifs is 1. The summed E-state index contributed by atoms with van der Waals surface area (Å²) in [5.41, 5.74) is 6.70. The van der Waals surface area contributed by atoms with Crippen molar-refractivity contribution in [2.75, 3.05) is 12.3 Å². The van der Waals surface area contributed by atoms with Crippen LogP contribution in [-0.2, 0) is 6.54 Å². The predicted octanol–water partition coefficient (Wildman–Crippen LogP) is 2.95. The largest absolute Gasteiger partial charge is 0.393 e. The summed E-state index contributed by atoms with van der Waals surface area (Å²) >= 11 is 0. The SMILES string of the molecule is Nc1ccc(C(=O)NCCCn2ccc3ccccc32)cc1[N+](=O)[O-]. The molecule has 128 valence electrons. The maximum absolute atomic E-state index is 12.1. The third-order valence-corrected chi connectivity index (χ3v) is 4.03. The van der Waals surface area contributed by atoms with Crippen molar-refractivity contribution in [3.8, 4) is 0 Å². The molecule has 3 N–H and O–H groups in total. The highest BCUT2D eigenvalue weighted by atomic mass is 16.6. The van der Waals surface area contributed by atoms with Gasteiger partial charge in [-0.2, -0.15) is 0 Å². The van der Waals surface area contributed by atoms with Crippen LogP contribution in [0.3, 0.4) is 0 Å². The zero-order valence-corrected chi connectivity index (χ0v) is 13.5. The van der Waals surface area contributed by atoms with Gasteiger partial charge in [0.25, 0.3) is 11.6 Å². The minimum Gasteiger partial charge on any atom is -0.393 e. The number of nitrogens with one attached hydrogen (secondary N) is 1. The van der Waals surface area contributed by atoms with Crippen molar-refractivity contribution in [3.05, 3.63) is 70.4 Å². The van der Waals surface area contributed by atoms with Gasteiger partial charge in [-0.25, -0.2) is 0 Å². The first-order chi connectivity index (χ1) is 12.1. The predicted molar refractivity (Wildman–Crippen MR) is 96.4 cm³/mol. The van der Waals surface area contributed by atoms with Crippen LogP contribution in [0.1, 0.15) is 16.8 Å². The molecular weight excluding hydrogens is 320 g/mol. The molecule has 0 aliphatic heterocycles. The number of aryl methyl sites for hydroxylation is 1. The number of anilines is 1. The van der Waals surface area contributed by atoms with Crippen molar-refractivity contribution >= 4 is 28.2 Å². The van der Waals surface area contributed by atoms with E-state index >= 15 is 0 Å². The molecule has 0 radical (unpaired) electrons. The van der Waals surface area contributed by atoms with E-state index in [1.165, 1.54) is 23.6 Å². The van der Waals surface area contributed by atoms with Crippen LogP contribution in [0, 0.1) is 10.1 Å². The van der Waals surface area contributed by atoms with Crippen LogP contribution in [0.25, 0.3) is 10.9 Å². The molecule has 0 unspecified atom stereocenters. The summed E-state index contributed by atoms with van der Waals surface area (Å²) in [6.07, 6.45) is 2.78. The zero-order chi connectivity index (χ0) is 17.8. The Labute approximate surface area is 144 Å². The van der Waals surface area contributed by atoms with Crippen LogP contribution >= 0.6 is 0 Å². The first-order valence-corrected chi connectivity index (χ1v) is 7.92. The second-order valence-corrected chi connectivity index (χ2v) is 5.71. The van der Waals surface area contributed by atoms with E-state index in [-0.39, 0.29) is 22.8 Å². The standard InChI is InChI=1S/C18H18N4O3/c19-15-7-6-14(12-17(15)22(24)25)18(23)20-9-3-10-21-11-8-13-4-1-2-5-16(13)21/h1-2,4-8,11-12H,3,9-10,19H2,(H,20,23). The number of nitrogens with two attached hydrogens (primary N) is 1. The number of benzene rings is 2. The molecular formula is C18H18N4O3. The van der Waals surface area contributed by atoms with Gasteiger partial charge < -0.3 is 15.6 Å². The second-order valence-electron chi connectivity index (χ2n) is 5.71. The molecule has 0 saturated heterocycles. The van der Waals surface area contributed by atoms with Gasteiger partial charge in [0.1, 0.15) is 5.69 Å². The van der Waals surface area contributed by atoms with E-state index in [4.69, 9.17) is 5.73 Å². The smallest absolute Gasteiger partial charge is 0.292 e. The highest BCUT2D eigenvalue weighted by Crippen LogP contribution is 2.22. The molecule has 0 fully saturated rings. The van der Waals surface area contributed by atoms with Gasteiger partial charge in [-0.3, -0.25) is 14.9 Å². The Morgan fingerprint density at radius 3 is 2.80 bits per heavy atom. The van der Waals surface area contributed by atoms with Crippen LogP contribution in [0.2, 0.25) is 0 Å². The van der Waals surface area contributed by atoms with E-state index in [2.05, 4.69) is 28.1 Å². The van der Waals surface area contributed by atoms with Gasteiger partial charge in [-0.05, 0) is 36.1 Å². The normalized spacial score (nSPS) is 10.7. The van der Waals surface area contributed by atoms with E-state index in [1.807, 2.05) is 18.3 Å². The number of hydrogen-bond donors (Lipinski definition) is 2. The molecule has 1 amide bonds. The molecule has 3 rings (SSSR count). The summed E-state index contributed by atoms with van der Waals surface area (Å²) in [6, 6.07) is 14.2. The van der Waals surface area contributed by atoms with Gasteiger partial charge in [0.2, 0.25) is 0 Å². The molecule has 0 bridgehead atoms. The number of aromatic nitrogens is 1. The third kappa shape index (κ3) is 3.60. The average molecular weight is 338 g/mol. The van der Waals surface area contributed by atoms with E-state index in [9.17, 15) is 14.9 Å². The molecule has 0 aliphatic carbocycles. The van der Waals surface area contributed by atoms with Crippen LogP contribution in [0.5, 0.6) is 0 Å². The van der Waals surface area contributed by atoms with E-state index in [1.54, 1.807) is 0 Å². The number of nitro benzene ring substituents is 1. The summed E-state index contributed by atoms with van der Waals surface area (Å²) in [6.45, 7) is 1.25. The zero-order valence-electron chi connectivity index (χ0n) is 13.5. The molecule has 1 aromatic heterocycles. The lowest BCUT2D eigenvalue weighted by Crippen LogP contribution is -2.25. The number of para-hydroxylation sites is 1. The summed E-state index contributed by atoms with van der Waals surface area (Å²) in [7, 11) is 0. The summed E-state index contributed by atoms with van der Waals surface area (Å²) < 4.78 is 2.13. The number of amides is 1. The summed E-state index contributed by atoms with van der Waals surface area (Å²) in [5, 5.41) is 14.8.